The molecule has 0 aliphatic heterocycles. The van der Waals surface area contributed by atoms with Crippen LogP contribution in [0.1, 0.15) is 28.7 Å². The molecule has 40 heavy (non-hydrogen) atoms. The molecule has 10 nitrogen and oxygen atoms in total. The van der Waals surface area contributed by atoms with Crippen LogP contribution < -0.4 is 24.2 Å². The van der Waals surface area contributed by atoms with Gasteiger partial charge in [-0.3, -0.25) is 9.52 Å². The van der Waals surface area contributed by atoms with E-state index in [4.69, 9.17) is 14.2 Å². The number of amides is 1. The molecule has 216 valence electrons. The molecular formula is C29H37N3O7S. The third-order valence-corrected chi connectivity index (χ3v) is 6.75. The van der Waals surface area contributed by atoms with Crippen LogP contribution in [0, 0.1) is 0 Å². The van der Waals surface area contributed by atoms with E-state index in [2.05, 4.69) is 10.0 Å². The minimum Gasteiger partial charge on any atom is -0.493 e. The smallest absolute Gasteiger partial charge is 0.230 e. The van der Waals surface area contributed by atoms with Gasteiger partial charge in [0.2, 0.25) is 15.9 Å². The van der Waals surface area contributed by atoms with Crippen molar-refractivity contribution < 1.29 is 32.5 Å². The number of benzene rings is 3. The summed E-state index contributed by atoms with van der Waals surface area (Å²) in [5, 5.41) is 14.1. The van der Waals surface area contributed by atoms with Gasteiger partial charge in [-0.15, -0.1) is 0 Å². The molecule has 3 N–H and O–H groups in total. The SMILES string of the molecule is COc1ccc(C(CNC[C@H](O)c2ccc(OCc3ccccc3)c(NS(C)(=O)=O)c2)C(=O)N(C)C)cc1OC. The second kappa shape index (κ2) is 14.0. The third kappa shape index (κ3) is 8.60. The largest absolute Gasteiger partial charge is 0.493 e. The molecule has 0 aliphatic carbocycles. The number of rotatable bonds is 14. The lowest BCUT2D eigenvalue weighted by atomic mass is 9.96. The number of nitrogens with zero attached hydrogens (tertiary/aromatic N) is 1. The van der Waals surface area contributed by atoms with Crippen molar-refractivity contribution in [2.75, 3.05) is 52.4 Å². The fraction of sp³-hybridized carbons (Fsp3) is 0.345. The number of aliphatic hydroxyl groups excluding tert-OH is 1. The summed E-state index contributed by atoms with van der Waals surface area (Å²) >= 11 is 0. The molecule has 3 aromatic rings. The molecule has 0 aliphatic rings. The highest BCUT2D eigenvalue weighted by molar-refractivity contribution is 7.92. The lowest BCUT2D eigenvalue weighted by Crippen LogP contribution is -2.36. The molecule has 1 amide bonds. The van der Waals surface area contributed by atoms with Gasteiger partial charge in [0.05, 0.1) is 38.2 Å². The first-order chi connectivity index (χ1) is 19.0. The number of hydrogen-bond acceptors (Lipinski definition) is 8. The van der Waals surface area contributed by atoms with Crippen molar-refractivity contribution in [3.05, 3.63) is 83.4 Å². The van der Waals surface area contributed by atoms with Crippen LogP contribution in [-0.2, 0) is 21.4 Å². The van der Waals surface area contributed by atoms with E-state index in [1.165, 1.54) is 12.0 Å². The molecule has 3 rings (SSSR count). The second-order valence-electron chi connectivity index (χ2n) is 9.48. The van der Waals surface area contributed by atoms with Gasteiger partial charge in [0, 0.05) is 27.2 Å². The molecule has 0 saturated heterocycles. The molecule has 1 unspecified atom stereocenters. The quantitative estimate of drug-likeness (QED) is 0.269. The lowest BCUT2D eigenvalue weighted by Gasteiger charge is -2.23. The minimum atomic E-state index is -3.60. The standard InChI is InChI=1S/C29H37N3O7S/c1-32(2)29(34)23(21-11-14-27(37-3)28(16-21)38-4)17-30-18-25(33)22-12-13-26(24(15-22)31-40(5,35)36)39-19-20-9-7-6-8-10-20/h6-16,23,25,30-31,33H,17-19H2,1-5H3/t23?,25-/m0/s1. The fourth-order valence-electron chi connectivity index (χ4n) is 4.11. The summed E-state index contributed by atoms with van der Waals surface area (Å²) in [6.07, 6.45) is 0.0677. The van der Waals surface area contributed by atoms with Gasteiger partial charge in [-0.25, -0.2) is 8.42 Å². The highest BCUT2D eigenvalue weighted by Gasteiger charge is 2.24. The zero-order valence-corrected chi connectivity index (χ0v) is 24.2. The number of hydrogen-bond donors (Lipinski definition) is 3. The van der Waals surface area contributed by atoms with E-state index in [0.717, 1.165) is 17.4 Å². The van der Waals surface area contributed by atoms with Gasteiger partial charge in [-0.2, -0.15) is 0 Å². The first-order valence-electron chi connectivity index (χ1n) is 12.6. The molecule has 0 fully saturated rings. The number of carbonyl (C=O) groups is 1. The van der Waals surface area contributed by atoms with Gasteiger partial charge < -0.3 is 29.5 Å². The summed E-state index contributed by atoms with van der Waals surface area (Å²) < 4.78 is 43.0. The number of nitrogens with one attached hydrogen (secondary N) is 2. The maximum atomic E-state index is 13.0. The molecule has 11 heteroatoms. The van der Waals surface area contributed by atoms with Crippen molar-refractivity contribution in [2.45, 2.75) is 18.6 Å². The first-order valence-corrected chi connectivity index (χ1v) is 14.5. The summed E-state index contributed by atoms with van der Waals surface area (Å²) in [7, 11) is 2.84. The average molecular weight is 572 g/mol. The maximum absolute atomic E-state index is 13.0. The summed E-state index contributed by atoms with van der Waals surface area (Å²) in [6.45, 7) is 0.615. The summed E-state index contributed by atoms with van der Waals surface area (Å²) in [6, 6.07) is 19.7. The van der Waals surface area contributed by atoms with Crippen molar-refractivity contribution in [1.82, 2.24) is 10.2 Å². The van der Waals surface area contributed by atoms with Gasteiger partial charge in [-0.1, -0.05) is 42.5 Å². The maximum Gasteiger partial charge on any atom is 0.230 e. The monoisotopic (exact) mass is 571 g/mol. The minimum absolute atomic E-state index is 0.117. The topological polar surface area (TPSA) is 126 Å². The highest BCUT2D eigenvalue weighted by atomic mass is 32.2. The number of anilines is 1. The van der Waals surface area contributed by atoms with E-state index in [1.807, 2.05) is 36.4 Å². The Labute approximate surface area is 235 Å². The number of carbonyl (C=O) groups excluding carboxylic acids is 1. The van der Waals surface area contributed by atoms with Crippen molar-refractivity contribution in [2.24, 2.45) is 0 Å². The van der Waals surface area contributed by atoms with Crippen LogP contribution in [0.5, 0.6) is 17.2 Å². The van der Waals surface area contributed by atoms with Gasteiger partial charge in [0.1, 0.15) is 12.4 Å². The first kappa shape index (κ1) is 30.7. The summed E-state index contributed by atoms with van der Waals surface area (Å²) in [5.74, 6) is 0.743. The third-order valence-electron chi connectivity index (χ3n) is 6.16. The van der Waals surface area contributed by atoms with Crippen molar-refractivity contribution in [3.63, 3.8) is 0 Å². The number of sulfonamides is 1. The fourth-order valence-corrected chi connectivity index (χ4v) is 4.67. The Morgan fingerprint density at radius 1 is 0.900 bits per heavy atom. The van der Waals surface area contributed by atoms with Gasteiger partial charge in [0.25, 0.3) is 0 Å². The molecule has 0 saturated carbocycles. The van der Waals surface area contributed by atoms with Crippen molar-refractivity contribution >= 4 is 21.6 Å². The van der Waals surface area contributed by atoms with Crippen LogP contribution in [0.3, 0.4) is 0 Å². The summed E-state index contributed by atoms with van der Waals surface area (Å²) in [5.41, 5.74) is 2.36. The van der Waals surface area contributed by atoms with Gasteiger partial charge >= 0.3 is 0 Å². The number of methoxy groups -OCH3 is 2. The molecule has 0 aromatic heterocycles. The average Bonchev–Trinajstić information content (AvgIpc) is 2.93. The molecule has 0 spiro atoms. The van der Waals surface area contributed by atoms with E-state index in [0.29, 0.717) is 22.8 Å². The second-order valence-corrected chi connectivity index (χ2v) is 11.2. The van der Waals surface area contributed by atoms with E-state index in [1.54, 1.807) is 51.5 Å². The molecule has 0 radical (unpaired) electrons. The Balaban J connectivity index is 1.74. The molecule has 3 aromatic carbocycles. The van der Waals surface area contributed by atoms with Crippen molar-refractivity contribution in [3.8, 4) is 17.2 Å². The van der Waals surface area contributed by atoms with Gasteiger partial charge in [0.15, 0.2) is 11.5 Å². The van der Waals surface area contributed by atoms with E-state index >= 15 is 0 Å². The predicted octanol–water partition coefficient (Wildman–Crippen LogP) is 3.15. The van der Waals surface area contributed by atoms with E-state index in [-0.39, 0.29) is 31.3 Å². The number of aliphatic hydroxyl groups is 1. The zero-order valence-electron chi connectivity index (χ0n) is 23.4. The number of ether oxygens (including phenoxy) is 3. The van der Waals surface area contributed by atoms with E-state index < -0.39 is 22.0 Å². The molecule has 0 heterocycles. The van der Waals surface area contributed by atoms with Crippen LogP contribution in [-0.4, -0.2) is 72.0 Å². The van der Waals surface area contributed by atoms with E-state index in [9.17, 15) is 18.3 Å². The lowest BCUT2D eigenvalue weighted by molar-refractivity contribution is -0.130. The van der Waals surface area contributed by atoms with Gasteiger partial charge in [-0.05, 0) is 41.0 Å². The molecule has 0 bridgehead atoms. The van der Waals surface area contributed by atoms with Crippen LogP contribution in [0.2, 0.25) is 0 Å². The Morgan fingerprint density at radius 2 is 1.55 bits per heavy atom. The predicted molar refractivity (Wildman–Crippen MR) is 154 cm³/mol. The van der Waals surface area contributed by atoms with Crippen LogP contribution >= 0.6 is 0 Å². The van der Waals surface area contributed by atoms with Crippen LogP contribution in [0.4, 0.5) is 5.69 Å². The summed E-state index contributed by atoms with van der Waals surface area (Å²) in [4.78, 5) is 14.5. The Hall–Kier alpha value is -3.80. The highest BCUT2D eigenvalue weighted by Crippen LogP contribution is 2.32. The number of likely N-dealkylation sites (N-methyl/N-ethyl adjacent to an activating group) is 1. The zero-order chi connectivity index (χ0) is 29.3. The van der Waals surface area contributed by atoms with Crippen LogP contribution in [0.15, 0.2) is 66.7 Å². The van der Waals surface area contributed by atoms with Crippen molar-refractivity contribution in [1.29, 1.82) is 0 Å². The molecular weight excluding hydrogens is 534 g/mol. The van der Waals surface area contributed by atoms with Crippen LogP contribution in [0.25, 0.3) is 0 Å². The normalized spacial score (nSPS) is 12.8. The Bertz CT molecular complexity index is 1380. The Kier molecular flexibility index (Phi) is 10.8. The Morgan fingerprint density at radius 3 is 2.17 bits per heavy atom. The molecule has 2 atom stereocenters.